The van der Waals surface area contributed by atoms with Crippen LogP contribution in [-0.4, -0.2) is 18.8 Å². The highest BCUT2D eigenvalue weighted by atomic mass is 16.5. The first kappa shape index (κ1) is 11.4. The van der Waals surface area contributed by atoms with Gasteiger partial charge in [0.1, 0.15) is 12.1 Å². The quantitative estimate of drug-likeness (QED) is 0.733. The summed E-state index contributed by atoms with van der Waals surface area (Å²) in [6.45, 7) is 0.492. The molecule has 1 aliphatic heterocycles. The van der Waals surface area contributed by atoms with Gasteiger partial charge in [-0.25, -0.2) is 4.99 Å². The van der Waals surface area contributed by atoms with Gasteiger partial charge in [0.15, 0.2) is 12.2 Å². The number of fused-ring (bicyclic) bond motifs is 3. The molecule has 0 aromatic heterocycles. The summed E-state index contributed by atoms with van der Waals surface area (Å²) in [6, 6.07) is 15.5. The number of nitrogens with zero attached hydrogens (tertiary/aromatic N) is 1. The Hall–Kier alpha value is -2.42. The molecule has 3 heteroatoms. The Morgan fingerprint density at radius 1 is 1.00 bits per heavy atom. The van der Waals surface area contributed by atoms with E-state index in [1.807, 2.05) is 48.5 Å². The van der Waals surface area contributed by atoms with E-state index in [0.717, 1.165) is 22.3 Å². The second-order valence-corrected chi connectivity index (χ2v) is 5.29. The molecule has 2 aliphatic rings. The zero-order valence-electron chi connectivity index (χ0n) is 10.9. The average molecular weight is 263 g/mol. The summed E-state index contributed by atoms with van der Waals surface area (Å²) in [5, 5.41) is 0. The Morgan fingerprint density at radius 2 is 1.75 bits per heavy atom. The lowest BCUT2D eigenvalue weighted by Gasteiger charge is -2.24. The van der Waals surface area contributed by atoms with Crippen molar-refractivity contribution in [3.63, 3.8) is 0 Å². The molecule has 1 unspecified atom stereocenters. The van der Waals surface area contributed by atoms with E-state index in [4.69, 9.17) is 4.74 Å². The predicted molar refractivity (Wildman–Crippen MR) is 76.1 cm³/mol. The van der Waals surface area contributed by atoms with E-state index in [2.05, 4.69) is 4.99 Å². The average Bonchev–Trinajstić information content (AvgIpc) is 2.93. The van der Waals surface area contributed by atoms with Crippen LogP contribution in [0.4, 0.5) is 0 Å². The van der Waals surface area contributed by atoms with Gasteiger partial charge in [-0.15, -0.1) is 0 Å². The van der Waals surface area contributed by atoms with E-state index in [1.54, 1.807) is 0 Å². The number of carbonyl (C=O) groups is 1. The number of hydrogen-bond donors (Lipinski definition) is 0. The number of ether oxygens (including phenoxy) is 1. The molecular weight excluding hydrogens is 250 g/mol. The summed E-state index contributed by atoms with van der Waals surface area (Å²) in [5.74, 6) is 0.0789. The molecule has 0 fully saturated rings. The van der Waals surface area contributed by atoms with Crippen molar-refractivity contribution < 1.29 is 9.53 Å². The maximum atomic E-state index is 12.8. The van der Waals surface area contributed by atoms with Crippen LogP contribution < -0.4 is 0 Å². The van der Waals surface area contributed by atoms with Crippen LogP contribution in [0.2, 0.25) is 0 Å². The third-order valence-corrected chi connectivity index (χ3v) is 4.11. The van der Waals surface area contributed by atoms with Crippen molar-refractivity contribution in [3.8, 4) is 0 Å². The van der Waals surface area contributed by atoms with Crippen LogP contribution in [0.25, 0.3) is 0 Å². The lowest BCUT2D eigenvalue weighted by Crippen LogP contribution is -2.28. The van der Waals surface area contributed by atoms with E-state index in [9.17, 15) is 4.79 Å². The van der Waals surface area contributed by atoms with E-state index in [0.29, 0.717) is 13.0 Å². The first-order valence-electron chi connectivity index (χ1n) is 6.68. The van der Waals surface area contributed by atoms with Crippen molar-refractivity contribution in [3.05, 3.63) is 70.8 Å². The molecule has 0 saturated heterocycles. The van der Waals surface area contributed by atoms with Crippen LogP contribution in [-0.2, 0) is 16.7 Å². The van der Waals surface area contributed by atoms with Crippen molar-refractivity contribution in [2.75, 3.05) is 6.61 Å². The molecule has 1 heterocycles. The van der Waals surface area contributed by atoms with Gasteiger partial charge in [-0.1, -0.05) is 48.5 Å². The SMILES string of the molecule is O=C1c2ccccc2CC2(COC=N2)c2ccccc21. The highest BCUT2D eigenvalue weighted by Crippen LogP contribution is 2.39. The van der Waals surface area contributed by atoms with Gasteiger partial charge >= 0.3 is 0 Å². The fraction of sp³-hybridized carbons (Fsp3) is 0.176. The van der Waals surface area contributed by atoms with Crippen molar-refractivity contribution >= 4 is 12.2 Å². The Morgan fingerprint density at radius 3 is 2.55 bits per heavy atom. The maximum Gasteiger partial charge on any atom is 0.193 e. The van der Waals surface area contributed by atoms with Crippen LogP contribution in [0.15, 0.2) is 53.5 Å². The molecule has 98 valence electrons. The van der Waals surface area contributed by atoms with Crippen molar-refractivity contribution in [2.45, 2.75) is 12.0 Å². The topological polar surface area (TPSA) is 38.7 Å². The van der Waals surface area contributed by atoms with Crippen LogP contribution in [0, 0.1) is 0 Å². The molecule has 2 aromatic rings. The van der Waals surface area contributed by atoms with E-state index < -0.39 is 5.54 Å². The van der Waals surface area contributed by atoms with Gasteiger partial charge in [0, 0.05) is 17.5 Å². The van der Waals surface area contributed by atoms with E-state index in [1.165, 1.54) is 6.40 Å². The predicted octanol–water partition coefficient (Wildman–Crippen LogP) is 2.73. The van der Waals surface area contributed by atoms with E-state index >= 15 is 0 Å². The third kappa shape index (κ3) is 1.46. The van der Waals surface area contributed by atoms with Crippen LogP contribution in [0.1, 0.15) is 27.0 Å². The standard InChI is InChI=1S/C17H13NO2/c19-16-13-6-2-1-5-12(13)9-17(10-20-11-18-17)15-8-4-3-7-14(15)16/h1-8,11H,9-10H2. The molecule has 0 saturated carbocycles. The highest BCUT2D eigenvalue weighted by molar-refractivity contribution is 6.11. The number of carbonyl (C=O) groups excluding carboxylic acids is 1. The number of rotatable bonds is 0. The normalized spacial score (nSPS) is 23.1. The highest BCUT2D eigenvalue weighted by Gasteiger charge is 2.41. The summed E-state index contributed by atoms with van der Waals surface area (Å²) in [5.41, 5.74) is 3.06. The van der Waals surface area contributed by atoms with Gasteiger partial charge in [0.2, 0.25) is 0 Å². The molecule has 2 aromatic carbocycles. The van der Waals surface area contributed by atoms with Gasteiger partial charge in [-0.3, -0.25) is 4.79 Å². The van der Waals surface area contributed by atoms with Gasteiger partial charge in [-0.05, 0) is 11.1 Å². The molecule has 0 amide bonds. The monoisotopic (exact) mass is 263 g/mol. The minimum atomic E-state index is -0.459. The van der Waals surface area contributed by atoms with Crippen molar-refractivity contribution in [1.29, 1.82) is 0 Å². The van der Waals surface area contributed by atoms with Gasteiger partial charge in [0.25, 0.3) is 0 Å². The molecule has 0 bridgehead atoms. The summed E-state index contributed by atoms with van der Waals surface area (Å²) < 4.78 is 5.40. The largest absolute Gasteiger partial charge is 0.481 e. The minimum absolute atomic E-state index is 0.0789. The zero-order chi connectivity index (χ0) is 13.6. The fourth-order valence-corrected chi connectivity index (χ4v) is 3.13. The van der Waals surface area contributed by atoms with Gasteiger partial charge in [-0.2, -0.15) is 0 Å². The summed E-state index contributed by atoms with van der Waals surface area (Å²) in [6.07, 6.45) is 2.21. The van der Waals surface area contributed by atoms with Crippen LogP contribution in [0.5, 0.6) is 0 Å². The molecule has 0 N–H and O–H groups in total. The molecular formula is C17H13NO2. The molecule has 20 heavy (non-hydrogen) atoms. The Balaban J connectivity index is 2.04. The first-order valence-corrected chi connectivity index (χ1v) is 6.68. The lowest BCUT2D eigenvalue weighted by molar-refractivity contribution is 0.103. The van der Waals surface area contributed by atoms with Crippen LogP contribution >= 0.6 is 0 Å². The fourth-order valence-electron chi connectivity index (χ4n) is 3.13. The molecule has 1 aliphatic carbocycles. The Labute approximate surface area is 116 Å². The summed E-state index contributed by atoms with van der Waals surface area (Å²) in [7, 11) is 0. The molecule has 3 nitrogen and oxygen atoms in total. The second-order valence-electron chi connectivity index (χ2n) is 5.29. The molecule has 4 rings (SSSR count). The zero-order valence-corrected chi connectivity index (χ0v) is 10.9. The Bertz CT molecular complexity index is 735. The first-order chi connectivity index (χ1) is 9.80. The molecule has 1 atom stereocenters. The molecule has 1 spiro atoms. The van der Waals surface area contributed by atoms with Gasteiger partial charge in [0.05, 0.1) is 0 Å². The van der Waals surface area contributed by atoms with Crippen LogP contribution in [0.3, 0.4) is 0 Å². The molecule has 0 radical (unpaired) electrons. The van der Waals surface area contributed by atoms with Crippen molar-refractivity contribution in [1.82, 2.24) is 0 Å². The number of hydrogen-bond acceptors (Lipinski definition) is 3. The van der Waals surface area contributed by atoms with Crippen molar-refractivity contribution in [2.24, 2.45) is 4.99 Å². The Kier molecular flexibility index (Phi) is 2.30. The third-order valence-electron chi connectivity index (χ3n) is 4.11. The minimum Gasteiger partial charge on any atom is -0.481 e. The number of benzene rings is 2. The second kappa shape index (κ2) is 4.04. The van der Waals surface area contributed by atoms with Gasteiger partial charge < -0.3 is 4.74 Å². The lowest BCUT2D eigenvalue weighted by atomic mass is 9.85. The smallest absolute Gasteiger partial charge is 0.193 e. The summed E-state index contributed by atoms with van der Waals surface area (Å²) >= 11 is 0. The number of ketones is 1. The number of aliphatic imine (C=N–C) groups is 1. The van der Waals surface area contributed by atoms with E-state index in [-0.39, 0.29) is 5.78 Å². The maximum absolute atomic E-state index is 12.8. The summed E-state index contributed by atoms with van der Waals surface area (Å²) in [4.78, 5) is 17.3.